The molecule has 0 aromatic heterocycles. The lowest BCUT2D eigenvalue weighted by Gasteiger charge is -2.16. The third-order valence-corrected chi connectivity index (χ3v) is 1.71. The first-order chi connectivity index (χ1) is 5.27. The fourth-order valence-corrected chi connectivity index (χ4v) is 0.934. The molecule has 0 radical (unpaired) electrons. The minimum absolute atomic E-state index is 0.336. The van der Waals surface area contributed by atoms with E-state index in [1.54, 1.807) is 13.1 Å². The van der Waals surface area contributed by atoms with E-state index in [9.17, 15) is 5.11 Å². The zero-order valence-electron chi connectivity index (χ0n) is 6.85. The molecule has 0 saturated carbocycles. The number of nitrogens with one attached hydrogen (secondary N) is 1. The minimum Gasteiger partial charge on any atom is -0.508 e. The Hall–Kier alpha value is -1.12. The zero-order chi connectivity index (χ0) is 8.27. The van der Waals surface area contributed by atoms with Crippen LogP contribution in [0.5, 0.6) is 0 Å². The third-order valence-electron chi connectivity index (χ3n) is 1.71. The average molecular weight is 155 g/mol. The molecule has 3 heteroatoms. The van der Waals surface area contributed by atoms with Gasteiger partial charge in [-0.05, 0) is 6.42 Å². The van der Waals surface area contributed by atoms with E-state index >= 15 is 0 Å². The average Bonchev–Trinajstić information content (AvgIpc) is 2.04. The van der Waals surface area contributed by atoms with Gasteiger partial charge in [-0.3, -0.25) is 0 Å². The van der Waals surface area contributed by atoms with Crippen LogP contribution in [0.15, 0.2) is 23.3 Å². The summed E-state index contributed by atoms with van der Waals surface area (Å²) < 4.78 is 5.23. The standard InChI is InChI=1S/C8H13NO2/c1-3-6-5-11-8(9-2)4-7(6)10/h4,9-10H,3,5H2,1-2H3. The molecular formula is C8H13NO2. The van der Waals surface area contributed by atoms with Crippen molar-refractivity contribution in [2.75, 3.05) is 13.7 Å². The van der Waals surface area contributed by atoms with Crippen molar-refractivity contribution in [2.45, 2.75) is 13.3 Å². The smallest absolute Gasteiger partial charge is 0.190 e. The van der Waals surface area contributed by atoms with Gasteiger partial charge in [0.15, 0.2) is 5.88 Å². The van der Waals surface area contributed by atoms with Crippen LogP contribution in [-0.2, 0) is 4.74 Å². The summed E-state index contributed by atoms with van der Waals surface area (Å²) in [4.78, 5) is 0. The fourth-order valence-electron chi connectivity index (χ4n) is 0.934. The maximum Gasteiger partial charge on any atom is 0.190 e. The van der Waals surface area contributed by atoms with Crippen LogP contribution in [0.1, 0.15) is 13.3 Å². The Bertz CT molecular complexity index is 206. The lowest BCUT2D eigenvalue weighted by molar-refractivity contribution is 0.201. The Kier molecular flexibility index (Phi) is 2.41. The van der Waals surface area contributed by atoms with Crippen LogP contribution in [0.4, 0.5) is 0 Å². The highest BCUT2D eigenvalue weighted by Crippen LogP contribution is 2.15. The number of hydrogen-bond acceptors (Lipinski definition) is 3. The van der Waals surface area contributed by atoms with Gasteiger partial charge in [-0.15, -0.1) is 0 Å². The molecule has 0 spiro atoms. The van der Waals surface area contributed by atoms with Gasteiger partial charge in [0.25, 0.3) is 0 Å². The summed E-state index contributed by atoms with van der Waals surface area (Å²) in [5.74, 6) is 0.961. The van der Waals surface area contributed by atoms with Crippen molar-refractivity contribution in [3.05, 3.63) is 23.3 Å². The molecular weight excluding hydrogens is 142 g/mol. The lowest BCUT2D eigenvalue weighted by Crippen LogP contribution is -2.16. The number of hydrogen-bond donors (Lipinski definition) is 2. The highest BCUT2D eigenvalue weighted by molar-refractivity contribution is 5.24. The van der Waals surface area contributed by atoms with Crippen LogP contribution in [0.2, 0.25) is 0 Å². The van der Waals surface area contributed by atoms with Gasteiger partial charge < -0.3 is 15.2 Å². The van der Waals surface area contributed by atoms with Crippen molar-refractivity contribution in [1.29, 1.82) is 0 Å². The summed E-state index contributed by atoms with van der Waals surface area (Å²) in [5, 5.41) is 12.2. The highest BCUT2D eigenvalue weighted by atomic mass is 16.5. The second-order valence-corrected chi connectivity index (χ2v) is 2.39. The van der Waals surface area contributed by atoms with Crippen LogP contribution in [0, 0.1) is 0 Å². The quantitative estimate of drug-likeness (QED) is 0.631. The Morgan fingerprint density at radius 1 is 1.73 bits per heavy atom. The van der Waals surface area contributed by atoms with Gasteiger partial charge in [0.2, 0.25) is 0 Å². The third kappa shape index (κ3) is 1.67. The SMILES string of the molecule is CCC1=C(O)C=C(NC)OC1. The molecule has 11 heavy (non-hydrogen) atoms. The molecule has 0 aromatic rings. The number of aliphatic hydroxyl groups excluding tert-OH is 1. The summed E-state index contributed by atoms with van der Waals surface area (Å²) in [5.41, 5.74) is 0.948. The first kappa shape index (κ1) is 7.98. The number of ether oxygens (including phenoxy) is 1. The Balaban J connectivity index is 2.76. The molecule has 0 atom stereocenters. The molecule has 0 fully saturated rings. The van der Waals surface area contributed by atoms with E-state index in [1.165, 1.54) is 0 Å². The predicted octanol–water partition coefficient (Wildman–Crippen LogP) is 1.30. The summed E-state index contributed by atoms with van der Waals surface area (Å²) >= 11 is 0. The second kappa shape index (κ2) is 3.32. The molecule has 1 aliphatic rings. The number of rotatable bonds is 2. The predicted molar refractivity (Wildman–Crippen MR) is 43.0 cm³/mol. The highest BCUT2D eigenvalue weighted by Gasteiger charge is 2.10. The van der Waals surface area contributed by atoms with E-state index < -0.39 is 0 Å². The zero-order valence-corrected chi connectivity index (χ0v) is 6.85. The van der Waals surface area contributed by atoms with E-state index in [1.807, 2.05) is 6.92 Å². The van der Waals surface area contributed by atoms with E-state index in [0.717, 1.165) is 12.0 Å². The van der Waals surface area contributed by atoms with Crippen LogP contribution < -0.4 is 5.32 Å². The molecule has 1 rings (SSSR count). The molecule has 1 heterocycles. The second-order valence-electron chi connectivity index (χ2n) is 2.39. The van der Waals surface area contributed by atoms with Crippen LogP contribution in [0.3, 0.4) is 0 Å². The first-order valence-corrected chi connectivity index (χ1v) is 3.71. The Morgan fingerprint density at radius 3 is 2.91 bits per heavy atom. The molecule has 62 valence electrons. The minimum atomic E-state index is 0.336. The van der Waals surface area contributed by atoms with Gasteiger partial charge in [-0.2, -0.15) is 0 Å². The lowest BCUT2D eigenvalue weighted by atomic mass is 10.1. The van der Waals surface area contributed by atoms with Gasteiger partial charge in [-0.1, -0.05) is 6.92 Å². The molecule has 2 N–H and O–H groups in total. The largest absolute Gasteiger partial charge is 0.508 e. The van der Waals surface area contributed by atoms with Crippen molar-refractivity contribution in [2.24, 2.45) is 0 Å². The number of allylic oxidation sites excluding steroid dienone is 1. The molecule has 3 nitrogen and oxygen atoms in total. The van der Waals surface area contributed by atoms with E-state index in [0.29, 0.717) is 18.2 Å². The Labute approximate surface area is 66.4 Å². The molecule has 1 aliphatic heterocycles. The topological polar surface area (TPSA) is 41.5 Å². The van der Waals surface area contributed by atoms with E-state index in [2.05, 4.69) is 5.32 Å². The van der Waals surface area contributed by atoms with Crippen LogP contribution in [0.25, 0.3) is 0 Å². The number of aliphatic hydroxyl groups is 1. The molecule has 0 aromatic carbocycles. The van der Waals surface area contributed by atoms with Crippen molar-refractivity contribution in [3.63, 3.8) is 0 Å². The van der Waals surface area contributed by atoms with Crippen molar-refractivity contribution >= 4 is 0 Å². The Morgan fingerprint density at radius 2 is 2.45 bits per heavy atom. The summed E-state index contributed by atoms with van der Waals surface area (Å²) in [6.07, 6.45) is 2.43. The first-order valence-electron chi connectivity index (χ1n) is 3.71. The molecule has 0 unspecified atom stereocenters. The summed E-state index contributed by atoms with van der Waals surface area (Å²) in [6.45, 7) is 2.49. The monoisotopic (exact) mass is 155 g/mol. The summed E-state index contributed by atoms with van der Waals surface area (Å²) in [6, 6.07) is 0. The maximum atomic E-state index is 9.35. The maximum absolute atomic E-state index is 9.35. The van der Waals surface area contributed by atoms with Gasteiger partial charge in [-0.25, -0.2) is 0 Å². The summed E-state index contributed by atoms with van der Waals surface area (Å²) in [7, 11) is 1.76. The molecule has 0 amide bonds. The van der Waals surface area contributed by atoms with Crippen LogP contribution in [-0.4, -0.2) is 18.8 Å². The molecule has 0 aliphatic carbocycles. The van der Waals surface area contributed by atoms with Crippen molar-refractivity contribution in [1.82, 2.24) is 5.32 Å². The van der Waals surface area contributed by atoms with Gasteiger partial charge >= 0.3 is 0 Å². The van der Waals surface area contributed by atoms with Crippen molar-refractivity contribution < 1.29 is 9.84 Å². The van der Waals surface area contributed by atoms with Gasteiger partial charge in [0.05, 0.1) is 0 Å². The van der Waals surface area contributed by atoms with Crippen molar-refractivity contribution in [3.8, 4) is 0 Å². The molecule has 0 bridgehead atoms. The normalized spacial score (nSPS) is 17.5. The molecule has 0 saturated heterocycles. The van der Waals surface area contributed by atoms with E-state index in [-0.39, 0.29) is 0 Å². The van der Waals surface area contributed by atoms with Gasteiger partial charge in [0.1, 0.15) is 12.4 Å². The fraction of sp³-hybridized carbons (Fsp3) is 0.500. The van der Waals surface area contributed by atoms with Gasteiger partial charge in [0, 0.05) is 18.7 Å². The van der Waals surface area contributed by atoms with Crippen LogP contribution >= 0.6 is 0 Å². The van der Waals surface area contributed by atoms with E-state index in [4.69, 9.17) is 4.74 Å².